The Kier molecular flexibility index (Phi) is 6.64. The van der Waals surface area contributed by atoms with E-state index in [-0.39, 0.29) is 11.1 Å². The van der Waals surface area contributed by atoms with Crippen molar-refractivity contribution in [2.24, 2.45) is 11.8 Å². The average Bonchev–Trinajstić information content (AvgIpc) is 2.77. The SMILES string of the molecule is CCC[C@H]1CC[C@H](CCc2ccc3c(F)c(-c4cc(F)c(F)c(F)c4)ccc3c2)CC1. The van der Waals surface area contributed by atoms with Crippen LogP contribution >= 0.6 is 0 Å². The van der Waals surface area contributed by atoms with Gasteiger partial charge < -0.3 is 0 Å². The molecular formula is C27H28F4. The number of benzene rings is 3. The second-order valence-corrected chi connectivity index (χ2v) is 8.95. The van der Waals surface area contributed by atoms with Crippen LogP contribution in [0, 0.1) is 35.1 Å². The Morgan fingerprint density at radius 2 is 1.39 bits per heavy atom. The molecule has 0 heterocycles. The van der Waals surface area contributed by atoms with Crippen LogP contribution in [0.3, 0.4) is 0 Å². The monoisotopic (exact) mass is 428 g/mol. The van der Waals surface area contributed by atoms with Crippen molar-refractivity contribution in [3.63, 3.8) is 0 Å². The molecular weight excluding hydrogens is 400 g/mol. The summed E-state index contributed by atoms with van der Waals surface area (Å²) in [5.41, 5.74) is 1.22. The van der Waals surface area contributed by atoms with Crippen LogP contribution < -0.4 is 0 Å². The predicted octanol–water partition coefficient (Wildman–Crippen LogP) is 8.60. The minimum absolute atomic E-state index is 0.0152. The molecule has 0 radical (unpaired) electrons. The molecule has 0 aliphatic heterocycles. The second-order valence-electron chi connectivity index (χ2n) is 8.95. The third-order valence-corrected chi connectivity index (χ3v) is 6.82. The van der Waals surface area contributed by atoms with E-state index in [0.29, 0.717) is 5.39 Å². The highest BCUT2D eigenvalue weighted by Gasteiger charge is 2.20. The van der Waals surface area contributed by atoms with Crippen LogP contribution in [0.5, 0.6) is 0 Å². The van der Waals surface area contributed by atoms with Crippen LogP contribution in [-0.4, -0.2) is 0 Å². The maximum absolute atomic E-state index is 15.1. The summed E-state index contributed by atoms with van der Waals surface area (Å²) in [6.07, 6.45) is 10.0. The van der Waals surface area contributed by atoms with E-state index < -0.39 is 23.3 Å². The summed E-state index contributed by atoms with van der Waals surface area (Å²) in [5, 5.41) is 1.15. The molecule has 1 aliphatic rings. The number of fused-ring (bicyclic) bond motifs is 1. The van der Waals surface area contributed by atoms with Crippen molar-refractivity contribution in [2.75, 3.05) is 0 Å². The fraction of sp³-hybridized carbons (Fsp3) is 0.407. The van der Waals surface area contributed by atoms with Gasteiger partial charge in [0.05, 0.1) is 0 Å². The zero-order valence-corrected chi connectivity index (χ0v) is 17.9. The van der Waals surface area contributed by atoms with E-state index in [2.05, 4.69) is 6.92 Å². The maximum Gasteiger partial charge on any atom is 0.194 e. The minimum atomic E-state index is -1.55. The Morgan fingerprint density at radius 3 is 2.03 bits per heavy atom. The van der Waals surface area contributed by atoms with Crippen molar-refractivity contribution in [1.82, 2.24) is 0 Å². The highest BCUT2D eigenvalue weighted by atomic mass is 19.2. The highest BCUT2D eigenvalue weighted by Crippen LogP contribution is 2.35. The first kappa shape index (κ1) is 21.9. The van der Waals surface area contributed by atoms with Crippen molar-refractivity contribution >= 4 is 10.8 Å². The van der Waals surface area contributed by atoms with E-state index in [1.807, 2.05) is 12.1 Å². The molecule has 0 amide bonds. The van der Waals surface area contributed by atoms with Crippen LogP contribution in [-0.2, 0) is 6.42 Å². The Hall–Kier alpha value is -2.36. The second kappa shape index (κ2) is 9.42. The van der Waals surface area contributed by atoms with Gasteiger partial charge in [-0.1, -0.05) is 75.8 Å². The van der Waals surface area contributed by atoms with Gasteiger partial charge in [0, 0.05) is 10.9 Å². The Bertz CT molecular complexity index is 1040. The first-order valence-electron chi connectivity index (χ1n) is 11.3. The van der Waals surface area contributed by atoms with E-state index in [1.165, 1.54) is 50.2 Å². The third kappa shape index (κ3) is 4.78. The molecule has 0 bridgehead atoms. The van der Waals surface area contributed by atoms with Gasteiger partial charge in [-0.2, -0.15) is 0 Å². The lowest BCUT2D eigenvalue weighted by Gasteiger charge is -2.28. The molecule has 0 N–H and O–H groups in total. The van der Waals surface area contributed by atoms with Crippen LogP contribution in [0.1, 0.15) is 57.4 Å². The molecule has 31 heavy (non-hydrogen) atoms. The van der Waals surface area contributed by atoms with Gasteiger partial charge in [0.2, 0.25) is 0 Å². The van der Waals surface area contributed by atoms with Gasteiger partial charge in [-0.15, -0.1) is 0 Å². The van der Waals surface area contributed by atoms with Gasteiger partial charge in [-0.25, -0.2) is 17.6 Å². The summed E-state index contributed by atoms with van der Waals surface area (Å²) in [7, 11) is 0. The zero-order valence-electron chi connectivity index (χ0n) is 17.9. The van der Waals surface area contributed by atoms with Gasteiger partial charge in [-0.05, 0) is 53.3 Å². The van der Waals surface area contributed by atoms with Crippen molar-refractivity contribution in [1.29, 1.82) is 0 Å². The molecule has 3 aromatic rings. The molecule has 4 heteroatoms. The average molecular weight is 429 g/mol. The van der Waals surface area contributed by atoms with Crippen LogP contribution in [0.15, 0.2) is 42.5 Å². The first-order chi connectivity index (χ1) is 15.0. The lowest BCUT2D eigenvalue weighted by molar-refractivity contribution is 0.252. The van der Waals surface area contributed by atoms with Crippen molar-refractivity contribution in [3.8, 4) is 11.1 Å². The molecule has 1 fully saturated rings. The normalized spacial score (nSPS) is 19.1. The zero-order chi connectivity index (χ0) is 22.0. The standard InChI is InChI=1S/C27H28F4/c1-2-3-17-4-6-18(7-5-17)8-9-19-10-12-22-20(14-19)11-13-23(26(22)30)21-15-24(28)27(31)25(29)16-21/h10-18H,2-9H2,1H3/t17-,18-. The molecule has 1 saturated carbocycles. The van der Waals surface area contributed by atoms with E-state index in [4.69, 9.17) is 0 Å². The third-order valence-electron chi connectivity index (χ3n) is 6.82. The van der Waals surface area contributed by atoms with E-state index in [9.17, 15) is 13.2 Å². The molecule has 3 aromatic carbocycles. The van der Waals surface area contributed by atoms with Crippen molar-refractivity contribution < 1.29 is 17.6 Å². The summed E-state index contributed by atoms with van der Waals surface area (Å²) >= 11 is 0. The summed E-state index contributed by atoms with van der Waals surface area (Å²) < 4.78 is 55.5. The number of hydrogen-bond donors (Lipinski definition) is 0. The molecule has 4 rings (SSSR count). The quantitative estimate of drug-likeness (QED) is 0.272. The summed E-state index contributed by atoms with van der Waals surface area (Å²) in [6.45, 7) is 2.26. The molecule has 0 atom stereocenters. The van der Waals surface area contributed by atoms with E-state index >= 15 is 4.39 Å². The lowest BCUT2D eigenvalue weighted by atomic mass is 9.78. The predicted molar refractivity (Wildman–Crippen MR) is 118 cm³/mol. The summed E-state index contributed by atoms with van der Waals surface area (Å²) in [4.78, 5) is 0. The van der Waals surface area contributed by atoms with Crippen molar-refractivity contribution in [2.45, 2.75) is 58.3 Å². The summed E-state index contributed by atoms with van der Waals surface area (Å²) in [5.74, 6) is -3.08. The molecule has 0 nitrogen and oxygen atoms in total. The van der Waals surface area contributed by atoms with Crippen LogP contribution in [0.25, 0.3) is 21.9 Å². The Labute approximate surface area is 181 Å². The maximum atomic E-state index is 15.1. The van der Waals surface area contributed by atoms with Crippen LogP contribution in [0.2, 0.25) is 0 Å². The number of halogens is 4. The van der Waals surface area contributed by atoms with Gasteiger partial charge in [-0.3, -0.25) is 0 Å². The number of aryl methyl sites for hydroxylation is 1. The summed E-state index contributed by atoms with van der Waals surface area (Å²) in [6, 6.07) is 10.6. The minimum Gasteiger partial charge on any atom is -0.206 e. The molecule has 1 aliphatic carbocycles. The number of rotatable bonds is 6. The van der Waals surface area contributed by atoms with Gasteiger partial charge in [0.15, 0.2) is 17.5 Å². The Morgan fingerprint density at radius 1 is 0.742 bits per heavy atom. The first-order valence-corrected chi connectivity index (χ1v) is 11.3. The molecule has 0 saturated heterocycles. The lowest BCUT2D eigenvalue weighted by Crippen LogP contribution is -2.15. The Balaban J connectivity index is 1.49. The number of hydrogen-bond acceptors (Lipinski definition) is 0. The molecule has 0 spiro atoms. The van der Waals surface area contributed by atoms with Gasteiger partial charge >= 0.3 is 0 Å². The highest BCUT2D eigenvalue weighted by molar-refractivity contribution is 5.88. The van der Waals surface area contributed by atoms with Gasteiger partial charge in [0.1, 0.15) is 5.82 Å². The van der Waals surface area contributed by atoms with E-state index in [1.54, 1.807) is 12.1 Å². The fourth-order valence-corrected chi connectivity index (χ4v) is 5.02. The topological polar surface area (TPSA) is 0 Å². The van der Waals surface area contributed by atoms with E-state index in [0.717, 1.165) is 42.2 Å². The molecule has 164 valence electrons. The molecule has 0 aromatic heterocycles. The largest absolute Gasteiger partial charge is 0.206 e. The molecule has 0 unspecified atom stereocenters. The van der Waals surface area contributed by atoms with Crippen LogP contribution in [0.4, 0.5) is 17.6 Å². The fourth-order valence-electron chi connectivity index (χ4n) is 5.02. The van der Waals surface area contributed by atoms with Gasteiger partial charge in [0.25, 0.3) is 0 Å². The smallest absolute Gasteiger partial charge is 0.194 e. The van der Waals surface area contributed by atoms with Crippen molar-refractivity contribution in [3.05, 3.63) is 71.3 Å².